The maximum Gasteiger partial charge on any atom is 0.251 e. The lowest BCUT2D eigenvalue weighted by Crippen LogP contribution is -2.46. The zero-order chi connectivity index (χ0) is 17.1. The quantitative estimate of drug-likeness (QED) is 0.919. The molecule has 1 amide bonds. The molecule has 1 fully saturated rings. The Balaban J connectivity index is 1.76. The van der Waals surface area contributed by atoms with E-state index in [1.165, 1.54) is 5.56 Å². The van der Waals surface area contributed by atoms with Crippen molar-refractivity contribution < 1.29 is 4.79 Å². The lowest BCUT2D eigenvalue weighted by Gasteiger charge is -2.39. The molecule has 0 spiro atoms. The minimum Gasteiger partial charge on any atom is -0.355 e. The smallest absolute Gasteiger partial charge is 0.251 e. The van der Waals surface area contributed by atoms with Gasteiger partial charge >= 0.3 is 0 Å². The summed E-state index contributed by atoms with van der Waals surface area (Å²) in [5.41, 5.74) is 1.90. The minimum atomic E-state index is -0.0415. The average molecular weight is 327 g/mol. The topological polar surface area (TPSA) is 53.4 Å². The Morgan fingerprint density at radius 3 is 2.88 bits per heavy atom. The normalized spacial score (nSPS) is 19.4. The van der Waals surface area contributed by atoms with Crippen LogP contribution in [-0.2, 0) is 13.6 Å². The number of amides is 1. The van der Waals surface area contributed by atoms with Crippen molar-refractivity contribution in [2.24, 2.45) is 7.05 Å². The van der Waals surface area contributed by atoms with E-state index in [4.69, 9.17) is 0 Å². The number of aryl methyl sites for hydroxylation is 1. The molecule has 6 heteroatoms. The lowest BCUT2D eigenvalue weighted by molar-refractivity contribution is 0.0877. The predicted molar refractivity (Wildman–Crippen MR) is 93.7 cm³/mol. The molecule has 2 aromatic rings. The Labute approximate surface area is 143 Å². The number of imidazole rings is 1. The molecule has 0 aliphatic carbocycles. The number of hydrogen-bond donors (Lipinski definition) is 1. The zero-order valence-electron chi connectivity index (χ0n) is 14.6. The van der Waals surface area contributed by atoms with Crippen molar-refractivity contribution in [1.82, 2.24) is 24.7 Å². The van der Waals surface area contributed by atoms with Crippen LogP contribution in [0.5, 0.6) is 0 Å². The number of benzene rings is 1. The molecule has 0 radical (unpaired) electrons. The van der Waals surface area contributed by atoms with Crippen molar-refractivity contribution in [2.75, 3.05) is 33.7 Å². The molecule has 6 nitrogen and oxygen atoms in total. The van der Waals surface area contributed by atoms with Crippen molar-refractivity contribution in [3.63, 3.8) is 0 Å². The van der Waals surface area contributed by atoms with Crippen LogP contribution in [-0.4, -0.2) is 59.0 Å². The minimum absolute atomic E-state index is 0.0415. The van der Waals surface area contributed by atoms with Gasteiger partial charge in [-0.1, -0.05) is 12.1 Å². The van der Waals surface area contributed by atoms with Crippen LogP contribution < -0.4 is 5.32 Å². The standard InChI is InChI=1S/C18H25N5O/c1-19-18(24)15-6-4-5-14(11-15)16-12-23(10-9-21(16)2)13-17-20-7-8-22(17)3/h4-8,11,16H,9-10,12-13H2,1-3H3,(H,19,24). The third-order valence-electron chi connectivity index (χ3n) is 4.78. The molecule has 1 aliphatic heterocycles. The van der Waals surface area contributed by atoms with Crippen molar-refractivity contribution in [1.29, 1.82) is 0 Å². The average Bonchev–Trinajstić information content (AvgIpc) is 3.00. The second-order valence-corrected chi connectivity index (χ2v) is 6.39. The van der Waals surface area contributed by atoms with Crippen LogP contribution in [0.15, 0.2) is 36.7 Å². The van der Waals surface area contributed by atoms with Crippen molar-refractivity contribution in [3.8, 4) is 0 Å². The van der Waals surface area contributed by atoms with Gasteiger partial charge in [0.05, 0.1) is 6.54 Å². The highest BCUT2D eigenvalue weighted by Crippen LogP contribution is 2.25. The fourth-order valence-corrected chi connectivity index (χ4v) is 3.21. The van der Waals surface area contributed by atoms with Gasteiger partial charge in [0.15, 0.2) is 0 Å². The zero-order valence-corrected chi connectivity index (χ0v) is 14.6. The first-order chi connectivity index (χ1) is 11.6. The van der Waals surface area contributed by atoms with E-state index in [-0.39, 0.29) is 11.9 Å². The van der Waals surface area contributed by atoms with E-state index in [2.05, 4.69) is 37.8 Å². The van der Waals surface area contributed by atoms with E-state index in [0.29, 0.717) is 5.56 Å². The molecule has 1 atom stereocenters. The van der Waals surface area contributed by atoms with Crippen LogP contribution in [0.4, 0.5) is 0 Å². The van der Waals surface area contributed by atoms with E-state index >= 15 is 0 Å². The van der Waals surface area contributed by atoms with Gasteiger partial charge in [0.2, 0.25) is 0 Å². The first-order valence-electron chi connectivity index (χ1n) is 8.29. The van der Waals surface area contributed by atoms with Crippen molar-refractivity contribution in [3.05, 3.63) is 53.6 Å². The number of nitrogens with one attached hydrogen (secondary N) is 1. The number of nitrogens with zero attached hydrogens (tertiary/aromatic N) is 4. The summed E-state index contributed by atoms with van der Waals surface area (Å²) in [6.07, 6.45) is 3.82. The fraction of sp³-hybridized carbons (Fsp3) is 0.444. The Morgan fingerprint density at radius 1 is 1.33 bits per heavy atom. The number of carbonyl (C=O) groups excluding carboxylic acids is 1. The second kappa shape index (κ2) is 7.15. The maximum atomic E-state index is 11.9. The van der Waals surface area contributed by atoms with Crippen LogP contribution in [0.2, 0.25) is 0 Å². The molecule has 128 valence electrons. The number of hydrogen-bond acceptors (Lipinski definition) is 4. The van der Waals surface area contributed by atoms with Gasteiger partial charge in [-0.15, -0.1) is 0 Å². The van der Waals surface area contributed by atoms with Crippen molar-refractivity contribution in [2.45, 2.75) is 12.6 Å². The molecule has 1 unspecified atom stereocenters. The summed E-state index contributed by atoms with van der Waals surface area (Å²) in [6.45, 7) is 3.80. The molecule has 1 N–H and O–H groups in total. The van der Waals surface area contributed by atoms with Crippen LogP contribution in [0.25, 0.3) is 0 Å². The largest absolute Gasteiger partial charge is 0.355 e. The molecule has 1 aliphatic rings. The van der Waals surface area contributed by atoms with Gasteiger partial charge < -0.3 is 9.88 Å². The summed E-state index contributed by atoms with van der Waals surface area (Å²) in [7, 11) is 5.84. The fourth-order valence-electron chi connectivity index (χ4n) is 3.21. The van der Waals surface area contributed by atoms with Crippen molar-refractivity contribution >= 4 is 5.91 Å². The molecule has 0 saturated carbocycles. The van der Waals surface area contributed by atoms with Gasteiger partial charge in [-0.25, -0.2) is 4.98 Å². The van der Waals surface area contributed by atoms with Gasteiger partial charge in [-0.2, -0.15) is 0 Å². The van der Waals surface area contributed by atoms with E-state index in [1.807, 2.05) is 37.6 Å². The van der Waals surface area contributed by atoms with E-state index < -0.39 is 0 Å². The second-order valence-electron chi connectivity index (χ2n) is 6.39. The highest BCUT2D eigenvalue weighted by atomic mass is 16.1. The number of aromatic nitrogens is 2. The van der Waals surface area contributed by atoms with Gasteiger partial charge in [0, 0.05) is 57.7 Å². The third kappa shape index (κ3) is 3.49. The Hall–Kier alpha value is -2.18. The Morgan fingerprint density at radius 2 is 2.17 bits per heavy atom. The first kappa shape index (κ1) is 16.7. The molecule has 1 aromatic carbocycles. The van der Waals surface area contributed by atoms with Crippen LogP contribution in [0, 0.1) is 0 Å². The van der Waals surface area contributed by atoms with E-state index in [1.54, 1.807) is 7.05 Å². The molecular weight excluding hydrogens is 302 g/mol. The highest BCUT2D eigenvalue weighted by molar-refractivity contribution is 5.94. The third-order valence-corrected chi connectivity index (χ3v) is 4.78. The molecule has 1 saturated heterocycles. The van der Waals surface area contributed by atoms with E-state index in [0.717, 1.165) is 32.0 Å². The monoisotopic (exact) mass is 327 g/mol. The van der Waals surface area contributed by atoms with Gasteiger partial charge in [-0.3, -0.25) is 14.6 Å². The molecule has 2 heterocycles. The highest BCUT2D eigenvalue weighted by Gasteiger charge is 2.26. The van der Waals surface area contributed by atoms with Gasteiger partial charge in [-0.05, 0) is 24.7 Å². The Kier molecular flexibility index (Phi) is 4.97. The van der Waals surface area contributed by atoms with Crippen LogP contribution in [0.3, 0.4) is 0 Å². The molecule has 1 aromatic heterocycles. The maximum absolute atomic E-state index is 11.9. The summed E-state index contributed by atoms with van der Waals surface area (Å²) < 4.78 is 2.07. The number of carbonyl (C=O) groups is 1. The van der Waals surface area contributed by atoms with E-state index in [9.17, 15) is 4.79 Å². The molecular formula is C18H25N5O. The van der Waals surface area contributed by atoms with Crippen LogP contribution >= 0.6 is 0 Å². The number of rotatable bonds is 4. The number of likely N-dealkylation sites (N-methyl/N-ethyl adjacent to an activating group) is 1. The molecule has 24 heavy (non-hydrogen) atoms. The summed E-state index contributed by atoms with van der Waals surface area (Å²) in [5.74, 6) is 1.04. The molecule has 0 bridgehead atoms. The first-order valence-corrected chi connectivity index (χ1v) is 8.29. The SMILES string of the molecule is CNC(=O)c1cccc(C2CN(Cc3nccn3C)CCN2C)c1. The van der Waals surface area contributed by atoms with Crippen LogP contribution in [0.1, 0.15) is 27.8 Å². The predicted octanol–water partition coefficient (Wildman–Crippen LogP) is 1.27. The summed E-state index contributed by atoms with van der Waals surface area (Å²) >= 11 is 0. The van der Waals surface area contributed by atoms with Gasteiger partial charge in [0.25, 0.3) is 5.91 Å². The summed E-state index contributed by atoms with van der Waals surface area (Å²) in [6, 6.07) is 8.22. The molecule has 3 rings (SSSR count). The summed E-state index contributed by atoms with van der Waals surface area (Å²) in [4.78, 5) is 21.1. The Bertz CT molecular complexity index is 711. The van der Waals surface area contributed by atoms with Gasteiger partial charge in [0.1, 0.15) is 5.82 Å². The lowest BCUT2D eigenvalue weighted by atomic mass is 10.00. The summed E-state index contributed by atoms with van der Waals surface area (Å²) in [5, 5.41) is 2.69. The number of piperazine rings is 1.